The minimum absolute atomic E-state index is 0.00581. The average molecular weight is 441 g/mol. The van der Waals surface area contributed by atoms with Crippen molar-refractivity contribution in [3.63, 3.8) is 0 Å². The summed E-state index contributed by atoms with van der Waals surface area (Å²) in [4.78, 5) is 35.6. The summed E-state index contributed by atoms with van der Waals surface area (Å²) in [6.07, 6.45) is -0.213. The zero-order valence-electron chi connectivity index (χ0n) is 17.7. The third kappa shape index (κ3) is 6.45. The maximum atomic E-state index is 12.3. The predicted molar refractivity (Wildman–Crippen MR) is 111 cm³/mol. The van der Waals surface area contributed by atoms with E-state index in [1.165, 1.54) is 10.4 Å². The SMILES string of the molecule is CCS(=O)(=O)N1CCc2cc(C(=O)COC(=O)CCNC(=O)OC(C)(C)C)ccc21. The molecule has 0 unspecified atom stereocenters. The van der Waals surface area contributed by atoms with E-state index < -0.39 is 34.3 Å². The molecule has 0 aromatic heterocycles. The Morgan fingerprint density at radius 1 is 1.20 bits per heavy atom. The first-order valence-corrected chi connectivity index (χ1v) is 11.3. The fourth-order valence-electron chi connectivity index (χ4n) is 2.87. The van der Waals surface area contributed by atoms with Gasteiger partial charge in [0.1, 0.15) is 5.60 Å². The molecule has 0 saturated heterocycles. The molecule has 0 atom stereocenters. The first-order chi connectivity index (χ1) is 13.9. The van der Waals surface area contributed by atoms with Crippen LogP contribution in [0.25, 0.3) is 0 Å². The van der Waals surface area contributed by atoms with Gasteiger partial charge in [-0.25, -0.2) is 13.2 Å². The molecule has 0 saturated carbocycles. The quantitative estimate of drug-likeness (QED) is 0.485. The van der Waals surface area contributed by atoms with Gasteiger partial charge in [-0.05, 0) is 57.9 Å². The molecular formula is C20H28N2O7S. The van der Waals surface area contributed by atoms with E-state index in [4.69, 9.17) is 9.47 Å². The van der Waals surface area contributed by atoms with E-state index in [-0.39, 0.29) is 24.5 Å². The molecule has 0 spiro atoms. The Bertz CT molecular complexity index is 920. The van der Waals surface area contributed by atoms with Gasteiger partial charge in [-0.3, -0.25) is 13.9 Å². The summed E-state index contributed by atoms with van der Waals surface area (Å²) in [5.41, 5.74) is 1.07. The summed E-state index contributed by atoms with van der Waals surface area (Å²) < 4.78 is 35.6. The van der Waals surface area contributed by atoms with Crippen molar-refractivity contribution in [3.8, 4) is 0 Å². The number of carbonyl (C=O) groups is 3. The van der Waals surface area contributed by atoms with Crippen LogP contribution < -0.4 is 9.62 Å². The number of hydrogen-bond acceptors (Lipinski definition) is 7. The molecule has 0 bridgehead atoms. The topological polar surface area (TPSA) is 119 Å². The number of hydrogen-bond donors (Lipinski definition) is 1. The second kappa shape index (κ2) is 9.46. The van der Waals surface area contributed by atoms with Gasteiger partial charge in [-0.2, -0.15) is 0 Å². The Morgan fingerprint density at radius 3 is 2.53 bits per heavy atom. The number of esters is 1. The molecule has 10 heteroatoms. The maximum absolute atomic E-state index is 12.3. The van der Waals surface area contributed by atoms with Gasteiger partial charge >= 0.3 is 12.1 Å². The van der Waals surface area contributed by atoms with E-state index in [2.05, 4.69) is 5.32 Å². The summed E-state index contributed by atoms with van der Waals surface area (Å²) in [5.74, 6) is -1.00. The Kier molecular flexibility index (Phi) is 7.46. The second-order valence-corrected chi connectivity index (χ2v) is 10.0. The van der Waals surface area contributed by atoms with Crippen molar-refractivity contribution in [3.05, 3.63) is 29.3 Å². The van der Waals surface area contributed by atoms with Gasteiger partial charge in [0.2, 0.25) is 10.0 Å². The lowest BCUT2D eigenvalue weighted by molar-refractivity contribution is -0.142. The van der Waals surface area contributed by atoms with Crippen LogP contribution in [0.2, 0.25) is 0 Å². The van der Waals surface area contributed by atoms with Crippen LogP contribution in [0.15, 0.2) is 18.2 Å². The highest BCUT2D eigenvalue weighted by atomic mass is 32.2. The molecule has 30 heavy (non-hydrogen) atoms. The molecule has 2 rings (SSSR count). The Hall–Kier alpha value is -2.62. The fourth-order valence-corrected chi connectivity index (χ4v) is 4.03. The largest absolute Gasteiger partial charge is 0.457 e. The Balaban J connectivity index is 1.83. The second-order valence-electron chi connectivity index (χ2n) is 7.83. The average Bonchev–Trinajstić information content (AvgIpc) is 3.08. The monoisotopic (exact) mass is 440 g/mol. The zero-order chi connectivity index (χ0) is 22.5. The highest BCUT2D eigenvalue weighted by molar-refractivity contribution is 7.92. The summed E-state index contributed by atoms with van der Waals surface area (Å²) in [6.45, 7) is 6.72. The minimum atomic E-state index is -3.35. The first kappa shape index (κ1) is 23.7. The standard InChI is InChI=1S/C20H28N2O7S/c1-5-30(26,27)22-11-9-14-12-15(6-7-16(14)22)17(23)13-28-18(24)8-10-21-19(25)29-20(2,3)4/h6-7,12H,5,8-11,13H2,1-4H3,(H,21,25). The highest BCUT2D eigenvalue weighted by Crippen LogP contribution is 2.31. The van der Waals surface area contributed by atoms with Crippen molar-refractivity contribution >= 4 is 33.6 Å². The van der Waals surface area contributed by atoms with E-state index in [0.29, 0.717) is 24.2 Å². The number of nitrogens with one attached hydrogen (secondary N) is 1. The number of ketones is 1. The molecule has 1 aromatic carbocycles. The van der Waals surface area contributed by atoms with Crippen molar-refractivity contribution in [2.75, 3.05) is 29.8 Å². The van der Waals surface area contributed by atoms with Crippen LogP contribution in [-0.4, -0.2) is 57.3 Å². The van der Waals surface area contributed by atoms with Crippen molar-refractivity contribution in [1.29, 1.82) is 0 Å². The van der Waals surface area contributed by atoms with Gasteiger partial charge in [0.05, 0.1) is 17.9 Å². The lowest BCUT2D eigenvalue weighted by Crippen LogP contribution is -2.33. The van der Waals surface area contributed by atoms with E-state index in [0.717, 1.165) is 5.56 Å². The number of ether oxygens (including phenoxy) is 2. The maximum Gasteiger partial charge on any atom is 0.407 e. The molecule has 1 N–H and O–H groups in total. The van der Waals surface area contributed by atoms with Gasteiger partial charge in [-0.1, -0.05) is 0 Å². The van der Waals surface area contributed by atoms with Gasteiger partial charge in [0, 0.05) is 18.7 Å². The summed E-state index contributed by atoms with van der Waals surface area (Å²) >= 11 is 0. The molecule has 1 heterocycles. The highest BCUT2D eigenvalue weighted by Gasteiger charge is 2.28. The van der Waals surface area contributed by atoms with Crippen molar-refractivity contribution in [2.24, 2.45) is 0 Å². The number of anilines is 1. The molecule has 1 aromatic rings. The van der Waals surface area contributed by atoms with Crippen LogP contribution in [0.1, 0.15) is 50.0 Å². The van der Waals surface area contributed by atoms with Crippen LogP contribution >= 0.6 is 0 Å². The van der Waals surface area contributed by atoms with E-state index in [9.17, 15) is 22.8 Å². The van der Waals surface area contributed by atoms with Crippen LogP contribution in [0, 0.1) is 0 Å². The number of Topliss-reactive ketones (excluding diaryl/α,β-unsaturated/α-hetero) is 1. The molecule has 1 aliphatic rings. The lowest BCUT2D eigenvalue weighted by Gasteiger charge is -2.19. The molecule has 9 nitrogen and oxygen atoms in total. The smallest absolute Gasteiger partial charge is 0.407 e. The van der Waals surface area contributed by atoms with Gasteiger partial charge in [-0.15, -0.1) is 0 Å². The molecule has 1 amide bonds. The number of alkyl carbamates (subject to hydrolysis) is 1. The minimum Gasteiger partial charge on any atom is -0.457 e. The molecule has 0 radical (unpaired) electrons. The van der Waals surface area contributed by atoms with Crippen molar-refractivity contribution < 1.29 is 32.3 Å². The van der Waals surface area contributed by atoms with Crippen LogP contribution in [0.4, 0.5) is 10.5 Å². The molecule has 0 aliphatic carbocycles. The van der Waals surface area contributed by atoms with E-state index in [1.54, 1.807) is 39.8 Å². The third-order valence-electron chi connectivity index (χ3n) is 4.32. The van der Waals surface area contributed by atoms with Crippen molar-refractivity contribution in [2.45, 2.75) is 46.1 Å². The first-order valence-electron chi connectivity index (χ1n) is 9.72. The van der Waals surface area contributed by atoms with E-state index in [1.807, 2.05) is 0 Å². The number of amides is 1. The zero-order valence-corrected chi connectivity index (χ0v) is 18.5. The number of benzene rings is 1. The summed E-state index contributed by atoms with van der Waals surface area (Å²) in [6, 6.07) is 4.78. The lowest BCUT2D eigenvalue weighted by atomic mass is 10.1. The van der Waals surface area contributed by atoms with Gasteiger partial charge in [0.15, 0.2) is 12.4 Å². The number of rotatable bonds is 8. The number of carbonyl (C=O) groups excluding carboxylic acids is 3. The number of sulfonamides is 1. The van der Waals surface area contributed by atoms with E-state index >= 15 is 0 Å². The Morgan fingerprint density at radius 2 is 1.90 bits per heavy atom. The molecule has 166 valence electrons. The van der Waals surface area contributed by atoms with Crippen LogP contribution in [0.5, 0.6) is 0 Å². The number of nitrogens with zero attached hydrogens (tertiary/aromatic N) is 1. The fraction of sp³-hybridized carbons (Fsp3) is 0.550. The van der Waals surface area contributed by atoms with Gasteiger partial charge < -0.3 is 14.8 Å². The normalized spacial score (nSPS) is 13.5. The molecule has 0 fully saturated rings. The van der Waals surface area contributed by atoms with Gasteiger partial charge in [0.25, 0.3) is 0 Å². The molecule has 1 aliphatic heterocycles. The summed E-state index contributed by atoms with van der Waals surface area (Å²) in [5, 5.41) is 2.44. The third-order valence-corrected chi connectivity index (χ3v) is 6.10. The van der Waals surface area contributed by atoms with Crippen molar-refractivity contribution in [1.82, 2.24) is 5.32 Å². The summed E-state index contributed by atoms with van der Waals surface area (Å²) in [7, 11) is -3.35. The molecular weight excluding hydrogens is 412 g/mol. The Labute approximate surface area is 176 Å². The number of fused-ring (bicyclic) bond motifs is 1. The van der Waals surface area contributed by atoms with Crippen LogP contribution in [0.3, 0.4) is 0 Å². The predicted octanol–water partition coefficient (Wildman–Crippen LogP) is 2.04. The van der Waals surface area contributed by atoms with Crippen LogP contribution in [-0.2, 0) is 30.7 Å².